The van der Waals surface area contributed by atoms with E-state index >= 15 is 0 Å². The van der Waals surface area contributed by atoms with Gasteiger partial charge >= 0.3 is 5.97 Å². The van der Waals surface area contributed by atoms with Gasteiger partial charge in [0.15, 0.2) is 0 Å². The molecule has 1 unspecified atom stereocenters. The third-order valence-electron chi connectivity index (χ3n) is 4.08. The molecule has 1 aromatic rings. The fourth-order valence-electron chi connectivity index (χ4n) is 2.97. The van der Waals surface area contributed by atoms with Gasteiger partial charge in [-0.3, -0.25) is 14.5 Å². The first-order valence-electron chi connectivity index (χ1n) is 7.72. The predicted octanol–water partition coefficient (Wildman–Crippen LogP) is 3.28. The lowest BCUT2D eigenvalue weighted by Gasteiger charge is -2.18. The van der Waals surface area contributed by atoms with E-state index in [0.717, 1.165) is 33.6 Å². The Morgan fingerprint density at radius 3 is 2.38 bits per heavy atom. The molecule has 1 aliphatic heterocycles. The van der Waals surface area contributed by atoms with Crippen molar-refractivity contribution in [1.29, 1.82) is 0 Å². The SMILES string of the molecule is COC(=O)C(C)N1C(=O)S/C(=C\c2cc(C)n(C(C)C)c2C)C1=O. The molecule has 6 nitrogen and oxygen atoms in total. The van der Waals surface area contributed by atoms with E-state index in [-0.39, 0.29) is 0 Å². The number of methoxy groups -OCH3 is 1. The van der Waals surface area contributed by atoms with Crippen LogP contribution in [0.1, 0.15) is 43.8 Å². The Morgan fingerprint density at radius 2 is 1.88 bits per heavy atom. The average Bonchev–Trinajstić information content (AvgIpc) is 2.94. The summed E-state index contributed by atoms with van der Waals surface area (Å²) in [5.41, 5.74) is 3.03. The van der Waals surface area contributed by atoms with E-state index < -0.39 is 23.2 Å². The second-order valence-corrected chi connectivity index (χ2v) is 7.03. The number of aromatic nitrogens is 1. The number of rotatable bonds is 4. The van der Waals surface area contributed by atoms with Gasteiger partial charge in [0.1, 0.15) is 6.04 Å². The Labute approximate surface area is 145 Å². The summed E-state index contributed by atoms with van der Waals surface area (Å²) in [5, 5.41) is -0.457. The number of hydrogen-bond acceptors (Lipinski definition) is 5. The Bertz CT molecular complexity index is 733. The van der Waals surface area contributed by atoms with Crippen molar-refractivity contribution in [2.24, 2.45) is 0 Å². The normalized spacial score (nSPS) is 18.0. The highest BCUT2D eigenvalue weighted by Crippen LogP contribution is 2.35. The number of ether oxygens (including phenoxy) is 1. The van der Waals surface area contributed by atoms with Gasteiger partial charge in [-0.2, -0.15) is 0 Å². The number of amides is 2. The molecule has 0 spiro atoms. The summed E-state index contributed by atoms with van der Waals surface area (Å²) in [5.74, 6) is -1.08. The van der Waals surface area contributed by atoms with Crippen molar-refractivity contribution in [3.63, 3.8) is 0 Å². The van der Waals surface area contributed by atoms with Gasteiger partial charge < -0.3 is 9.30 Å². The highest BCUT2D eigenvalue weighted by Gasteiger charge is 2.41. The quantitative estimate of drug-likeness (QED) is 0.616. The van der Waals surface area contributed by atoms with Crippen molar-refractivity contribution in [1.82, 2.24) is 9.47 Å². The minimum absolute atomic E-state index is 0.307. The van der Waals surface area contributed by atoms with Gasteiger partial charge in [-0.1, -0.05) is 0 Å². The Morgan fingerprint density at radius 1 is 1.25 bits per heavy atom. The average molecular weight is 350 g/mol. The van der Waals surface area contributed by atoms with Crippen molar-refractivity contribution in [2.45, 2.75) is 46.7 Å². The maximum atomic E-state index is 12.5. The van der Waals surface area contributed by atoms with Crippen LogP contribution >= 0.6 is 11.8 Å². The lowest BCUT2D eigenvalue weighted by molar-refractivity contribution is -0.148. The molecule has 0 saturated carbocycles. The number of carbonyl (C=O) groups excluding carboxylic acids is 3. The number of esters is 1. The molecule has 0 aliphatic carbocycles. The van der Waals surface area contributed by atoms with Crippen molar-refractivity contribution < 1.29 is 19.1 Å². The molecule has 2 heterocycles. The van der Waals surface area contributed by atoms with Crippen LogP contribution in [0, 0.1) is 13.8 Å². The molecule has 1 fully saturated rings. The van der Waals surface area contributed by atoms with Crippen LogP contribution < -0.4 is 0 Å². The van der Waals surface area contributed by atoms with Crippen LogP contribution in [0.25, 0.3) is 6.08 Å². The predicted molar refractivity (Wildman–Crippen MR) is 93.6 cm³/mol. The molecule has 7 heteroatoms. The lowest BCUT2D eigenvalue weighted by Crippen LogP contribution is -2.42. The topological polar surface area (TPSA) is 68.6 Å². The number of aryl methyl sites for hydroxylation is 1. The van der Waals surface area contributed by atoms with Gasteiger partial charge in [-0.15, -0.1) is 0 Å². The molecule has 1 saturated heterocycles. The second-order valence-electron chi connectivity index (χ2n) is 6.04. The summed E-state index contributed by atoms with van der Waals surface area (Å²) in [6.07, 6.45) is 1.72. The van der Waals surface area contributed by atoms with Crippen molar-refractivity contribution in [3.05, 3.63) is 27.9 Å². The monoisotopic (exact) mass is 350 g/mol. The number of nitrogens with zero attached hydrogens (tertiary/aromatic N) is 2. The highest BCUT2D eigenvalue weighted by molar-refractivity contribution is 8.18. The van der Waals surface area contributed by atoms with Gasteiger partial charge in [0, 0.05) is 17.4 Å². The van der Waals surface area contributed by atoms with Gasteiger partial charge in [0.05, 0.1) is 12.0 Å². The standard InChI is InChI=1S/C17H22N2O4S/c1-9(2)18-10(3)7-13(11(18)4)8-14-15(20)19(17(22)24-14)12(5)16(21)23-6/h7-9,12H,1-6H3/b14-8-. The summed E-state index contributed by atoms with van der Waals surface area (Å²) in [6, 6.07) is 1.37. The number of carbonyl (C=O) groups is 3. The van der Waals surface area contributed by atoms with Crippen LogP contribution in [-0.2, 0) is 14.3 Å². The van der Waals surface area contributed by atoms with Crippen LogP contribution in [-0.4, -0.2) is 39.7 Å². The van der Waals surface area contributed by atoms with Crippen molar-refractivity contribution in [3.8, 4) is 0 Å². The molecule has 130 valence electrons. The first kappa shape index (κ1) is 18.3. The Balaban J connectivity index is 2.36. The summed E-state index contributed by atoms with van der Waals surface area (Å²) in [4.78, 5) is 37.5. The zero-order valence-electron chi connectivity index (χ0n) is 14.7. The summed E-state index contributed by atoms with van der Waals surface area (Å²) in [6.45, 7) is 9.66. The molecule has 0 bridgehead atoms. The van der Waals surface area contributed by atoms with Crippen LogP contribution in [0.5, 0.6) is 0 Å². The first-order chi connectivity index (χ1) is 11.2. The molecule has 0 radical (unpaired) electrons. The van der Waals surface area contributed by atoms with Gasteiger partial charge in [0.2, 0.25) is 0 Å². The molecule has 0 aromatic carbocycles. The van der Waals surface area contributed by atoms with Gasteiger partial charge in [0.25, 0.3) is 11.1 Å². The van der Waals surface area contributed by atoms with E-state index in [9.17, 15) is 14.4 Å². The van der Waals surface area contributed by atoms with Crippen LogP contribution in [0.4, 0.5) is 4.79 Å². The third kappa shape index (κ3) is 3.13. The number of thioether (sulfide) groups is 1. The molecule has 24 heavy (non-hydrogen) atoms. The molecular weight excluding hydrogens is 328 g/mol. The largest absolute Gasteiger partial charge is 0.467 e. The smallest absolute Gasteiger partial charge is 0.328 e. The first-order valence-corrected chi connectivity index (χ1v) is 8.54. The van der Waals surface area contributed by atoms with E-state index in [0.29, 0.717) is 10.9 Å². The summed E-state index contributed by atoms with van der Waals surface area (Å²) >= 11 is 0.847. The van der Waals surface area contributed by atoms with E-state index in [4.69, 9.17) is 0 Å². The number of imide groups is 1. The zero-order chi connectivity index (χ0) is 18.2. The van der Waals surface area contributed by atoms with E-state index in [2.05, 4.69) is 23.2 Å². The molecule has 2 amide bonds. The number of hydrogen-bond donors (Lipinski definition) is 0. The van der Waals surface area contributed by atoms with E-state index in [1.165, 1.54) is 14.0 Å². The molecule has 2 rings (SSSR count). The minimum atomic E-state index is -0.934. The Kier molecular flexibility index (Phi) is 5.22. The van der Waals surface area contributed by atoms with Gasteiger partial charge in [-0.05, 0) is 64.1 Å². The van der Waals surface area contributed by atoms with Crippen molar-refractivity contribution in [2.75, 3.05) is 7.11 Å². The van der Waals surface area contributed by atoms with Crippen LogP contribution in [0.2, 0.25) is 0 Å². The maximum Gasteiger partial charge on any atom is 0.328 e. The van der Waals surface area contributed by atoms with Gasteiger partial charge in [-0.25, -0.2) is 4.79 Å². The molecule has 1 aromatic heterocycles. The summed E-state index contributed by atoms with van der Waals surface area (Å²) < 4.78 is 6.80. The fourth-order valence-corrected chi connectivity index (χ4v) is 3.87. The minimum Gasteiger partial charge on any atom is -0.467 e. The maximum absolute atomic E-state index is 12.5. The lowest BCUT2D eigenvalue weighted by atomic mass is 10.2. The summed E-state index contributed by atoms with van der Waals surface area (Å²) in [7, 11) is 1.23. The van der Waals surface area contributed by atoms with Crippen molar-refractivity contribution >= 4 is 35.0 Å². The molecule has 0 N–H and O–H groups in total. The molecule has 1 aliphatic rings. The molecular formula is C17H22N2O4S. The Hall–Kier alpha value is -2.02. The van der Waals surface area contributed by atoms with E-state index in [1.807, 2.05) is 19.9 Å². The molecule has 1 atom stereocenters. The second kappa shape index (κ2) is 6.84. The third-order valence-corrected chi connectivity index (χ3v) is 4.96. The fraction of sp³-hybridized carbons (Fsp3) is 0.471. The zero-order valence-corrected chi connectivity index (χ0v) is 15.6. The highest BCUT2D eigenvalue weighted by atomic mass is 32.2. The van der Waals surface area contributed by atoms with Crippen LogP contribution in [0.15, 0.2) is 11.0 Å². The van der Waals surface area contributed by atoms with Crippen LogP contribution in [0.3, 0.4) is 0 Å². The van der Waals surface area contributed by atoms with E-state index in [1.54, 1.807) is 6.08 Å².